The summed E-state index contributed by atoms with van der Waals surface area (Å²) in [6, 6.07) is 8.80. The molecule has 2 unspecified atom stereocenters. The predicted octanol–water partition coefficient (Wildman–Crippen LogP) is 3.91. The minimum Gasteiger partial charge on any atom is -0.478 e. The van der Waals surface area contributed by atoms with Crippen LogP contribution in [0.1, 0.15) is 65.9 Å². The monoisotopic (exact) mass is 485 g/mol. The molecule has 0 saturated carbocycles. The summed E-state index contributed by atoms with van der Waals surface area (Å²) in [7, 11) is 3.64. The molecule has 0 radical (unpaired) electrons. The van der Waals surface area contributed by atoms with E-state index in [1.165, 1.54) is 12.5 Å². The third-order valence-corrected chi connectivity index (χ3v) is 7.08. The van der Waals surface area contributed by atoms with Crippen molar-refractivity contribution in [3.63, 3.8) is 0 Å². The first-order valence-corrected chi connectivity index (χ1v) is 12.5. The van der Waals surface area contributed by atoms with Gasteiger partial charge >= 0.3 is 5.97 Å². The summed E-state index contributed by atoms with van der Waals surface area (Å²) in [5.74, 6) is -1.08. The van der Waals surface area contributed by atoms with E-state index in [0.29, 0.717) is 12.3 Å². The lowest BCUT2D eigenvalue weighted by Crippen LogP contribution is -2.60. The highest BCUT2D eigenvalue weighted by Gasteiger charge is 2.40. The van der Waals surface area contributed by atoms with Gasteiger partial charge in [-0.2, -0.15) is 0 Å². The third-order valence-electron chi connectivity index (χ3n) is 7.08. The summed E-state index contributed by atoms with van der Waals surface area (Å²) >= 11 is 0. The molecule has 1 aromatic rings. The summed E-state index contributed by atoms with van der Waals surface area (Å²) in [6.45, 7) is 12.0. The van der Waals surface area contributed by atoms with E-state index in [-0.39, 0.29) is 29.3 Å². The standard InChI is InChI=1S/C28H43N3O4/c1-18(2)22(16-19(3)27(34)35)31(8)26(33)24(28(4,5)6)29-25(32)23-17-21(14-15-30(23)7)20-12-10-9-11-13-20/h9-13,16,18,21-24H,14-15,17H2,1-8H3,(H,29,32)(H,34,35)/b19-16+/t21?,22-,23?,24-/m1/s1. The maximum Gasteiger partial charge on any atom is 0.331 e. The normalized spacial score (nSPS) is 21.3. The van der Waals surface area contributed by atoms with E-state index in [9.17, 15) is 19.5 Å². The Morgan fingerprint density at radius 3 is 2.29 bits per heavy atom. The molecule has 1 aliphatic rings. The number of rotatable bonds is 8. The van der Waals surface area contributed by atoms with Crippen LogP contribution in [0.25, 0.3) is 0 Å². The Morgan fingerprint density at radius 1 is 1.17 bits per heavy atom. The van der Waals surface area contributed by atoms with Gasteiger partial charge in [-0.1, -0.05) is 71.0 Å². The molecule has 35 heavy (non-hydrogen) atoms. The molecular formula is C28H43N3O4. The van der Waals surface area contributed by atoms with E-state index in [4.69, 9.17) is 0 Å². The highest BCUT2D eigenvalue weighted by atomic mass is 16.4. The fourth-order valence-corrected chi connectivity index (χ4v) is 4.73. The molecule has 2 rings (SSSR count). The third kappa shape index (κ3) is 7.40. The van der Waals surface area contributed by atoms with Gasteiger partial charge in [0.1, 0.15) is 6.04 Å². The van der Waals surface area contributed by atoms with Crippen molar-refractivity contribution in [1.82, 2.24) is 15.1 Å². The molecule has 0 aromatic heterocycles. The molecule has 194 valence electrons. The van der Waals surface area contributed by atoms with Gasteiger partial charge in [0.2, 0.25) is 11.8 Å². The molecule has 1 aromatic carbocycles. The number of nitrogens with one attached hydrogen (secondary N) is 1. The number of benzene rings is 1. The Balaban J connectivity index is 2.25. The highest BCUT2D eigenvalue weighted by Crippen LogP contribution is 2.31. The van der Waals surface area contributed by atoms with Gasteiger partial charge in [-0.25, -0.2) is 4.79 Å². The number of amides is 2. The summed E-state index contributed by atoms with van der Waals surface area (Å²) in [4.78, 5) is 42.3. The quantitative estimate of drug-likeness (QED) is 0.545. The Labute approximate surface area is 210 Å². The van der Waals surface area contributed by atoms with E-state index in [0.717, 1.165) is 13.0 Å². The first kappa shape index (κ1) is 28.6. The first-order chi connectivity index (χ1) is 16.2. The van der Waals surface area contributed by atoms with Gasteiger partial charge in [-0.3, -0.25) is 14.5 Å². The molecule has 1 aliphatic heterocycles. The predicted molar refractivity (Wildman–Crippen MR) is 139 cm³/mol. The van der Waals surface area contributed by atoms with Crippen LogP contribution in [0.15, 0.2) is 42.0 Å². The van der Waals surface area contributed by atoms with Crippen LogP contribution in [0.2, 0.25) is 0 Å². The lowest BCUT2D eigenvalue weighted by molar-refractivity contribution is -0.141. The average Bonchev–Trinajstić information content (AvgIpc) is 2.79. The molecule has 0 spiro atoms. The average molecular weight is 486 g/mol. The van der Waals surface area contributed by atoms with Gasteiger partial charge in [0.15, 0.2) is 0 Å². The summed E-state index contributed by atoms with van der Waals surface area (Å²) in [5, 5.41) is 12.4. The second-order valence-corrected chi connectivity index (χ2v) is 11.3. The van der Waals surface area contributed by atoms with Gasteiger partial charge in [0, 0.05) is 12.6 Å². The van der Waals surface area contributed by atoms with E-state index in [1.807, 2.05) is 59.9 Å². The topological polar surface area (TPSA) is 90.0 Å². The van der Waals surface area contributed by atoms with E-state index >= 15 is 0 Å². The zero-order chi connectivity index (χ0) is 26.5. The van der Waals surface area contributed by atoms with Gasteiger partial charge < -0.3 is 15.3 Å². The molecule has 4 atom stereocenters. The molecule has 1 heterocycles. The van der Waals surface area contributed by atoms with E-state index in [2.05, 4.69) is 22.3 Å². The second-order valence-electron chi connectivity index (χ2n) is 11.3. The molecule has 7 heteroatoms. The fourth-order valence-electron chi connectivity index (χ4n) is 4.73. The molecule has 0 aliphatic carbocycles. The molecule has 7 nitrogen and oxygen atoms in total. The smallest absolute Gasteiger partial charge is 0.331 e. The number of nitrogens with zero attached hydrogens (tertiary/aromatic N) is 2. The molecule has 1 saturated heterocycles. The number of hydrogen-bond acceptors (Lipinski definition) is 4. The van der Waals surface area contributed by atoms with Crippen LogP contribution < -0.4 is 5.32 Å². The van der Waals surface area contributed by atoms with Crippen molar-refractivity contribution in [3.8, 4) is 0 Å². The summed E-state index contributed by atoms with van der Waals surface area (Å²) in [5.41, 5.74) is 0.901. The molecule has 1 fully saturated rings. The number of likely N-dealkylation sites (N-methyl/N-ethyl adjacent to an activating group) is 2. The Kier molecular flexibility index (Phi) is 9.67. The number of carboxylic acid groups (broad SMARTS) is 1. The highest BCUT2D eigenvalue weighted by molar-refractivity contribution is 5.91. The number of carbonyl (C=O) groups is 3. The van der Waals surface area contributed by atoms with Crippen LogP contribution in [-0.4, -0.2) is 71.5 Å². The van der Waals surface area contributed by atoms with Gasteiger partial charge in [-0.05, 0) is 56.2 Å². The maximum atomic E-state index is 13.7. The largest absolute Gasteiger partial charge is 0.478 e. The van der Waals surface area contributed by atoms with Gasteiger partial charge in [0.25, 0.3) is 0 Å². The van der Waals surface area contributed by atoms with Crippen molar-refractivity contribution in [1.29, 1.82) is 0 Å². The van der Waals surface area contributed by atoms with Crippen LogP contribution in [0.5, 0.6) is 0 Å². The van der Waals surface area contributed by atoms with Crippen molar-refractivity contribution in [2.75, 3.05) is 20.6 Å². The van der Waals surface area contributed by atoms with Crippen molar-refractivity contribution in [3.05, 3.63) is 47.5 Å². The van der Waals surface area contributed by atoms with Crippen molar-refractivity contribution in [2.45, 2.75) is 78.4 Å². The zero-order valence-corrected chi connectivity index (χ0v) is 22.5. The maximum absolute atomic E-state index is 13.7. The number of aliphatic carboxylic acids is 1. The Hall–Kier alpha value is -2.67. The van der Waals surface area contributed by atoms with E-state index in [1.54, 1.807) is 18.0 Å². The SMILES string of the molecule is C/C(=C\[C@H](C(C)C)N(C)C(=O)[C@@H](NC(=O)C1CC(c2ccccc2)CCN1C)C(C)(C)C)C(=O)O. The Bertz CT molecular complexity index is 920. The molecular weight excluding hydrogens is 442 g/mol. The van der Waals surface area contributed by atoms with Crippen LogP contribution in [0.4, 0.5) is 0 Å². The minimum atomic E-state index is -1.01. The van der Waals surface area contributed by atoms with Crippen molar-refractivity contribution >= 4 is 17.8 Å². The van der Waals surface area contributed by atoms with Crippen molar-refractivity contribution in [2.24, 2.45) is 11.3 Å². The van der Waals surface area contributed by atoms with Crippen LogP contribution >= 0.6 is 0 Å². The van der Waals surface area contributed by atoms with Crippen LogP contribution in [-0.2, 0) is 14.4 Å². The zero-order valence-electron chi connectivity index (χ0n) is 22.5. The number of likely N-dealkylation sites (tertiary alicyclic amines) is 1. The van der Waals surface area contributed by atoms with E-state index < -0.39 is 23.5 Å². The lowest BCUT2D eigenvalue weighted by Gasteiger charge is -2.40. The van der Waals surface area contributed by atoms with Gasteiger partial charge in [-0.15, -0.1) is 0 Å². The molecule has 0 bridgehead atoms. The lowest BCUT2D eigenvalue weighted by atomic mass is 9.83. The van der Waals surface area contributed by atoms with Crippen LogP contribution in [0.3, 0.4) is 0 Å². The summed E-state index contributed by atoms with van der Waals surface area (Å²) in [6.07, 6.45) is 3.30. The number of carbonyl (C=O) groups excluding carboxylic acids is 2. The van der Waals surface area contributed by atoms with Crippen molar-refractivity contribution < 1.29 is 19.5 Å². The molecule has 2 N–H and O–H groups in total. The first-order valence-electron chi connectivity index (χ1n) is 12.5. The molecule has 2 amide bonds. The minimum absolute atomic E-state index is 0.00526. The van der Waals surface area contributed by atoms with Gasteiger partial charge in [0.05, 0.1) is 12.1 Å². The Morgan fingerprint density at radius 2 is 1.77 bits per heavy atom. The van der Waals surface area contributed by atoms with Crippen LogP contribution in [0, 0.1) is 11.3 Å². The number of carboxylic acids is 1. The fraction of sp³-hybridized carbons (Fsp3) is 0.607. The number of hydrogen-bond donors (Lipinski definition) is 2. The second kappa shape index (κ2) is 11.8. The summed E-state index contributed by atoms with van der Waals surface area (Å²) < 4.78 is 0. The number of piperidine rings is 1.